The molecule has 0 saturated heterocycles. The van der Waals surface area contributed by atoms with Crippen molar-refractivity contribution < 1.29 is 16.9 Å². The van der Waals surface area contributed by atoms with E-state index in [2.05, 4.69) is 21.0 Å². The molecule has 0 saturated carbocycles. The molecule has 170 valence electrons. The zero-order valence-corrected chi connectivity index (χ0v) is 21.3. The van der Waals surface area contributed by atoms with Crippen molar-refractivity contribution in [2.75, 3.05) is 20.6 Å². The molecular weight excluding hydrogens is 421 g/mol. The van der Waals surface area contributed by atoms with Crippen LogP contribution in [0.15, 0.2) is 30.3 Å². The molecule has 0 fully saturated rings. The van der Waals surface area contributed by atoms with Gasteiger partial charge in [-0.05, 0) is 48.2 Å². The molecule has 0 aromatic heterocycles. The highest BCUT2D eigenvalue weighted by molar-refractivity contribution is 6.46. The van der Waals surface area contributed by atoms with Crippen LogP contribution >= 0.6 is 23.2 Å². The van der Waals surface area contributed by atoms with Gasteiger partial charge in [-0.2, -0.15) is 0 Å². The predicted molar refractivity (Wildman–Crippen MR) is 127 cm³/mol. The molecule has 0 unspecified atom stereocenters. The molecule has 0 aliphatic heterocycles. The second-order valence-corrected chi connectivity index (χ2v) is 10.2. The maximum atomic E-state index is 6.75. The van der Waals surface area contributed by atoms with E-state index in [9.17, 15) is 0 Å². The minimum absolute atomic E-state index is 0. The Balaban J connectivity index is 0.00000784. The minimum atomic E-state index is -0.891. The van der Waals surface area contributed by atoms with Gasteiger partial charge >= 0.3 is 0 Å². The molecule has 1 aromatic rings. The van der Waals surface area contributed by atoms with E-state index in [0.29, 0.717) is 4.48 Å². The molecule has 1 rings (SSSR count). The largest absolute Gasteiger partial charge is 1.00 e. The second kappa shape index (κ2) is 16.7. The summed E-state index contributed by atoms with van der Waals surface area (Å²) in [7, 11) is 4.27. The van der Waals surface area contributed by atoms with Gasteiger partial charge in [-0.3, -0.25) is 4.48 Å². The molecule has 1 nitrogen and oxygen atoms in total. The van der Waals surface area contributed by atoms with Crippen LogP contribution in [0.1, 0.15) is 102 Å². The summed E-state index contributed by atoms with van der Waals surface area (Å²) in [6, 6.07) is 10.0. The van der Waals surface area contributed by atoms with Crippen LogP contribution in [0.3, 0.4) is 0 Å². The van der Waals surface area contributed by atoms with E-state index in [0.717, 1.165) is 12.1 Å². The Morgan fingerprint density at radius 2 is 1.03 bits per heavy atom. The number of quaternary nitrogens is 1. The number of hydrogen-bond acceptors (Lipinski definition) is 0. The molecule has 0 bridgehead atoms. The van der Waals surface area contributed by atoms with Gasteiger partial charge in [0.25, 0.3) is 4.46 Å². The Morgan fingerprint density at radius 1 is 0.655 bits per heavy atom. The average Bonchev–Trinajstić information content (AvgIpc) is 2.68. The first kappa shape index (κ1) is 29.1. The van der Waals surface area contributed by atoms with Crippen LogP contribution in [-0.4, -0.2) is 25.1 Å². The van der Waals surface area contributed by atoms with Gasteiger partial charge in [0.1, 0.15) is 0 Å². The highest BCUT2D eigenvalue weighted by atomic mass is 35.5. The molecule has 0 spiro atoms. The van der Waals surface area contributed by atoms with Crippen molar-refractivity contribution in [1.29, 1.82) is 0 Å². The predicted octanol–water partition coefficient (Wildman–Crippen LogP) is 5.84. The normalized spacial score (nSPS) is 12.0. The lowest BCUT2D eigenvalue weighted by atomic mass is 10.0. The van der Waals surface area contributed by atoms with E-state index in [1.54, 1.807) is 0 Å². The molecule has 0 atom stereocenters. The Labute approximate surface area is 197 Å². The lowest BCUT2D eigenvalue weighted by Gasteiger charge is -2.40. The number of nitrogens with zero attached hydrogens (tertiary/aromatic N) is 1. The fourth-order valence-corrected chi connectivity index (χ4v) is 4.25. The van der Waals surface area contributed by atoms with Crippen molar-refractivity contribution >= 4 is 23.2 Å². The summed E-state index contributed by atoms with van der Waals surface area (Å²) in [5, 5.41) is 0. The number of benzene rings is 1. The summed E-state index contributed by atoms with van der Waals surface area (Å²) in [5.41, 5.74) is 0.980. The summed E-state index contributed by atoms with van der Waals surface area (Å²) in [6.45, 7) is 3.29. The van der Waals surface area contributed by atoms with Gasteiger partial charge < -0.3 is 12.4 Å². The van der Waals surface area contributed by atoms with Crippen molar-refractivity contribution in [1.82, 2.24) is 0 Å². The summed E-state index contributed by atoms with van der Waals surface area (Å²) >= 11 is 13.5. The van der Waals surface area contributed by atoms with Crippen molar-refractivity contribution in [2.24, 2.45) is 0 Å². The zero-order valence-electron chi connectivity index (χ0n) is 19.1. The van der Waals surface area contributed by atoms with Gasteiger partial charge in [0.05, 0.1) is 20.6 Å². The van der Waals surface area contributed by atoms with Gasteiger partial charge in [0.2, 0.25) is 0 Å². The van der Waals surface area contributed by atoms with Gasteiger partial charge in [-0.15, -0.1) is 0 Å². The molecule has 0 radical (unpaired) electrons. The third-order valence-corrected chi connectivity index (χ3v) is 7.30. The number of halogens is 3. The average molecular weight is 465 g/mol. The summed E-state index contributed by atoms with van der Waals surface area (Å²) in [4.78, 5) is 0. The summed E-state index contributed by atoms with van der Waals surface area (Å²) < 4.78 is -0.295. The fraction of sp³-hybridized carbons (Fsp3) is 0.760. The SMILES string of the molecule is CCCCCCCCCCCCCCCC[N+](C)(C)C(Cl)(Cl)c1ccccc1.[Cl-]. The molecule has 0 aliphatic rings. The Morgan fingerprint density at radius 3 is 1.45 bits per heavy atom. The van der Waals surface area contributed by atoms with E-state index < -0.39 is 4.46 Å². The van der Waals surface area contributed by atoms with E-state index >= 15 is 0 Å². The topological polar surface area (TPSA) is 0 Å². The fourth-order valence-electron chi connectivity index (χ4n) is 3.83. The maximum absolute atomic E-state index is 6.75. The van der Waals surface area contributed by atoms with Crippen molar-refractivity contribution in [3.8, 4) is 0 Å². The lowest BCUT2D eigenvalue weighted by Crippen LogP contribution is -3.00. The van der Waals surface area contributed by atoms with Crippen molar-refractivity contribution in [2.45, 2.75) is 101 Å². The van der Waals surface area contributed by atoms with E-state index in [1.807, 2.05) is 30.3 Å². The van der Waals surface area contributed by atoms with Gasteiger partial charge in [0.15, 0.2) is 0 Å². The molecule has 29 heavy (non-hydrogen) atoms. The van der Waals surface area contributed by atoms with E-state index in [4.69, 9.17) is 23.2 Å². The number of alkyl halides is 2. The van der Waals surface area contributed by atoms with Crippen molar-refractivity contribution in [3.63, 3.8) is 0 Å². The van der Waals surface area contributed by atoms with E-state index in [-0.39, 0.29) is 12.4 Å². The van der Waals surface area contributed by atoms with Crippen LogP contribution in [0.25, 0.3) is 0 Å². The molecule has 0 heterocycles. The second-order valence-electron chi connectivity index (χ2n) is 8.91. The van der Waals surface area contributed by atoms with Gasteiger partial charge in [-0.1, -0.05) is 102 Å². The zero-order chi connectivity index (χ0) is 20.7. The van der Waals surface area contributed by atoms with Crippen LogP contribution in [0, 0.1) is 0 Å². The number of hydrogen-bond donors (Lipinski definition) is 0. The molecule has 0 amide bonds. The highest BCUT2D eigenvalue weighted by Crippen LogP contribution is 2.41. The quantitative estimate of drug-likeness (QED) is 0.118. The number of rotatable bonds is 17. The van der Waals surface area contributed by atoms with Crippen LogP contribution in [0.4, 0.5) is 0 Å². The third kappa shape index (κ3) is 11.9. The minimum Gasteiger partial charge on any atom is -1.00 e. The first-order valence-electron chi connectivity index (χ1n) is 11.7. The smallest absolute Gasteiger partial charge is 0.277 e. The Hall–Kier alpha value is 0.0500. The van der Waals surface area contributed by atoms with Crippen LogP contribution in [0.5, 0.6) is 0 Å². The molecule has 1 aromatic carbocycles. The lowest BCUT2D eigenvalue weighted by molar-refractivity contribution is -0.920. The van der Waals surface area contributed by atoms with Crippen LogP contribution in [-0.2, 0) is 4.46 Å². The highest BCUT2D eigenvalue weighted by Gasteiger charge is 2.43. The summed E-state index contributed by atoms with van der Waals surface area (Å²) in [5.74, 6) is 0. The Kier molecular flexibility index (Phi) is 16.7. The maximum Gasteiger partial charge on any atom is 0.277 e. The third-order valence-electron chi connectivity index (χ3n) is 5.95. The van der Waals surface area contributed by atoms with Crippen LogP contribution < -0.4 is 12.4 Å². The first-order valence-corrected chi connectivity index (χ1v) is 12.4. The first-order chi connectivity index (χ1) is 13.4. The monoisotopic (exact) mass is 463 g/mol. The standard InChI is InChI=1S/C25H44Cl2N.ClH/c1-4-5-6-7-8-9-10-11-12-13-14-15-16-20-23-28(2,3)25(26,27)24-21-18-17-19-22-24;/h17-19,21-22H,4-16,20,23H2,1-3H3;1H/q+1;/p-1. The van der Waals surface area contributed by atoms with Gasteiger partial charge in [0, 0.05) is 5.56 Å². The molecule has 0 N–H and O–H groups in total. The molecular formula is C25H44Cl3N. The molecule has 4 heteroatoms. The summed E-state index contributed by atoms with van der Waals surface area (Å²) in [6.07, 6.45) is 19.4. The Bertz CT molecular complexity index is 488. The van der Waals surface area contributed by atoms with Crippen LogP contribution in [0.2, 0.25) is 0 Å². The van der Waals surface area contributed by atoms with E-state index in [1.165, 1.54) is 89.9 Å². The van der Waals surface area contributed by atoms with Crippen molar-refractivity contribution in [3.05, 3.63) is 35.9 Å². The number of unbranched alkanes of at least 4 members (excludes halogenated alkanes) is 13. The van der Waals surface area contributed by atoms with Gasteiger partial charge in [-0.25, -0.2) is 0 Å². The molecule has 0 aliphatic carbocycles.